The molecule has 0 radical (unpaired) electrons. The third-order valence-electron chi connectivity index (χ3n) is 5.55. The maximum absolute atomic E-state index is 15.6. The fourth-order valence-corrected chi connectivity index (χ4v) is 4.03. The summed E-state index contributed by atoms with van der Waals surface area (Å²) in [7, 11) is 0. The predicted octanol–water partition coefficient (Wildman–Crippen LogP) is 5.33. The summed E-state index contributed by atoms with van der Waals surface area (Å²) in [5.41, 5.74) is 0.513. The number of alkyl halides is 4. The van der Waals surface area contributed by atoms with Gasteiger partial charge < -0.3 is 0 Å². The Morgan fingerprint density at radius 2 is 1.59 bits per heavy atom. The summed E-state index contributed by atoms with van der Waals surface area (Å²) >= 11 is 0. The molecule has 2 aliphatic rings. The van der Waals surface area contributed by atoms with Crippen LogP contribution >= 0.6 is 0 Å². The van der Waals surface area contributed by atoms with Crippen LogP contribution < -0.4 is 10.2 Å². The lowest BCUT2D eigenvalue weighted by Gasteiger charge is -2.32. The van der Waals surface area contributed by atoms with Gasteiger partial charge in [0.1, 0.15) is 5.92 Å². The second-order valence-corrected chi connectivity index (χ2v) is 8.45. The van der Waals surface area contributed by atoms with Gasteiger partial charge in [0.05, 0.1) is 12.2 Å². The molecule has 32 heavy (non-hydrogen) atoms. The Hall–Kier alpha value is -2.62. The first-order chi connectivity index (χ1) is 14.7. The summed E-state index contributed by atoms with van der Waals surface area (Å²) in [4.78, 5) is 27.1. The molecule has 2 unspecified atom stereocenters. The molecule has 2 atom stereocenters. The molecule has 1 aromatic rings. The van der Waals surface area contributed by atoms with Crippen molar-refractivity contribution in [1.29, 1.82) is 0 Å². The highest BCUT2D eigenvalue weighted by atomic mass is 19.4. The van der Waals surface area contributed by atoms with Crippen LogP contribution in [0.2, 0.25) is 0 Å². The molecule has 3 rings (SSSR count). The zero-order valence-corrected chi connectivity index (χ0v) is 17.8. The highest BCUT2D eigenvalue weighted by Crippen LogP contribution is 2.49. The molecule has 0 saturated carbocycles. The molecule has 2 amide bonds. The maximum atomic E-state index is 15.6. The van der Waals surface area contributed by atoms with Crippen LogP contribution in [0.15, 0.2) is 41.5 Å². The van der Waals surface area contributed by atoms with E-state index in [4.69, 9.17) is 0 Å². The monoisotopic (exact) mass is 460 g/mol. The fourth-order valence-electron chi connectivity index (χ4n) is 4.03. The predicted molar refractivity (Wildman–Crippen MR) is 106 cm³/mol. The SMILES string of the molecule is CC(C)c1cccc(C(C)C)c1N1C(=O)C2=CC(F)=C(F)C(F)(NCC(F)(F)F)C2C1=O. The van der Waals surface area contributed by atoms with E-state index >= 15 is 4.39 Å². The highest BCUT2D eigenvalue weighted by Gasteiger charge is 2.62. The van der Waals surface area contributed by atoms with Crippen LogP contribution in [-0.4, -0.2) is 30.3 Å². The van der Waals surface area contributed by atoms with Crippen LogP contribution in [0.3, 0.4) is 0 Å². The Balaban J connectivity index is 2.19. The number of hydrogen-bond donors (Lipinski definition) is 1. The van der Waals surface area contributed by atoms with E-state index in [1.165, 1.54) is 5.32 Å². The molecule has 1 aliphatic heterocycles. The minimum atomic E-state index is -4.97. The zero-order valence-electron chi connectivity index (χ0n) is 17.8. The standard InChI is InChI=1S/C22H22F6N2O2/c1-10(2)12-6-5-7-13(11(3)4)17(12)30-19(31)14-8-15(23)18(24)22(28,16(14)20(30)32)29-9-21(25,26)27/h5-8,10-11,16,29H,9H2,1-4H3. The van der Waals surface area contributed by atoms with E-state index in [0.29, 0.717) is 22.1 Å². The molecular formula is C22H22F6N2O2. The van der Waals surface area contributed by atoms with Crippen molar-refractivity contribution in [3.05, 3.63) is 52.6 Å². The van der Waals surface area contributed by atoms with Gasteiger partial charge in [0.2, 0.25) is 11.7 Å². The number of amides is 2. The molecule has 1 saturated heterocycles. The number of benzene rings is 1. The summed E-state index contributed by atoms with van der Waals surface area (Å²) in [6, 6.07) is 5.04. The van der Waals surface area contributed by atoms with Gasteiger partial charge in [0.25, 0.3) is 5.91 Å². The van der Waals surface area contributed by atoms with Gasteiger partial charge in [-0.05, 0) is 29.0 Å². The molecule has 1 N–H and O–H groups in total. The molecule has 1 heterocycles. The van der Waals surface area contributed by atoms with Gasteiger partial charge >= 0.3 is 6.18 Å². The molecule has 0 aromatic heterocycles. The second kappa shape index (κ2) is 8.06. The highest BCUT2D eigenvalue weighted by molar-refractivity contribution is 6.30. The number of nitrogens with zero attached hydrogens (tertiary/aromatic N) is 1. The Bertz CT molecular complexity index is 1000. The van der Waals surface area contributed by atoms with Gasteiger partial charge in [-0.1, -0.05) is 45.9 Å². The lowest BCUT2D eigenvalue weighted by Crippen LogP contribution is -2.55. The number of rotatable bonds is 5. The van der Waals surface area contributed by atoms with Crippen LogP contribution in [0.1, 0.15) is 50.7 Å². The number of allylic oxidation sites excluding steroid dienone is 2. The van der Waals surface area contributed by atoms with Crippen molar-refractivity contribution in [2.75, 3.05) is 11.4 Å². The number of imide groups is 1. The Morgan fingerprint density at radius 3 is 2.06 bits per heavy atom. The van der Waals surface area contributed by atoms with E-state index in [-0.39, 0.29) is 17.5 Å². The van der Waals surface area contributed by atoms with Gasteiger partial charge in [0, 0.05) is 5.57 Å². The lowest BCUT2D eigenvalue weighted by molar-refractivity contribution is -0.140. The molecular weight excluding hydrogens is 438 g/mol. The molecule has 4 nitrogen and oxygen atoms in total. The lowest BCUT2D eigenvalue weighted by atomic mass is 9.85. The van der Waals surface area contributed by atoms with Gasteiger partial charge in [0.15, 0.2) is 11.7 Å². The van der Waals surface area contributed by atoms with E-state index in [1.807, 2.05) is 0 Å². The zero-order chi connectivity index (χ0) is 24.2. The number of hydrogen-bond acceptors (Lipinski definition) is 3. The summed E-state index contributed by atoms with van der Waals surface area (Å²) in [6.07, 6.45) is -4.60. The van der Waals surface area contributed by atoms with E-state index in [2.05, 4.69) is 0 Å². The summed E-state index contributed by atoms with van der Waals surface area (Å²) < 4.78 is 82.4. The summed E-state index contributed by atoms with van der Waals surface area (Å²) in [6.45, 7) is 5.16. The maximum Gasteiger partial charge on any atom is 0.401 e. The third-order valence-corrected chi connectivity index (χ3v) is 5.55. The molecule has 0 spiro atoms. The summed E-state index contributed by atoms with van der Waals surface area (Å²) in [5, 5.41) is 1.28. The minimum absolute atomic E-state index is 0.154. The number of nitrogens with one attached hydrogen (secondary N) is 1. The first-order valence-electron chi connectivity index (χ1n) is 9.99. The van der Waals surface area contributed by atoms with Crippen molar-refractivity contribution < 1.29 is 35.9 Å². The van der Waals surface area contributed by atoms with Gasteiger partial charge in [-0.15, -0.1) is 0 Å². The quantitative estimate of drug-likeness (QED) is 0.367. The molecule has 1 aliphatic carbocycles. The third kappa shape index (κ3) is 3.85. The van der Waals surface area contributed by atoms with E-state index in [0.717, 1.165) is 0 Å². The normalized spacial score (nSPS) is 24.1. The largest absolute Gasteiger partial charge is 0.401 e. The number of carbonyl (C=O) groups is 2. The van der Waals surface area contributed by atoms with Crippen molar-refractivity contribution in [3.8, 4) is 0 Å². The van der Waals surface area contributed by atoms with Crippen LogP contribution in [0.25, 0.3) is 0 Å². The Kier molecular flexibility index (Phi) is 6.05. The molecule has 1 aromatic carbocycles. The van der Waals surface area contributed by atoms with Crippen LogP contribution in [0.4, 0.5) is 32.0 Å². The van der Waals surface area contributed by atoms with Crippen molar-refractivity contribution in [1.82, 2.24) is 5.32 Å². The number of halogens is 6. The average molecular weight is 460 g/mol. The van der Waals surface area contributed by atoms with Crippen molar-refractivity contribution in [3.63, 3.8) is 0 Å². The molecule has 174 valence electrons. The first-order valence-corrected chi connectivity index (χ1v) is 9.99. The smallest absolute Gasteiger partial charge is 0.273 e. The van der Waals surface area contributed by atoms with E-state index in [1.54, 1.807) is 45.9 Å². The first kappa shape index (κ1) is 24.0. The van der Waals surface area contributed by atoms with Crippen molar-refractivity contribution >= 4 is 17.5 Å². The number of fused-ring (bicyclic) bond motifs is 1. The van der Waals surface area contributed by atoms with E-state index < -0.39 is 53.5 Å². The van der Waals surface area contributed by atoms with Crippen LogP contribution in [-0.2, 0) is 9.59 Å². The molecule has 0 bridgehead atoms. The number of para-hydroxylation sites is 1. The van der Waals surface area contributed by atoms with Crippen molar-refractivity contribution in [2.45, 2.75) is 51.5 Å². The van der Waals surface area contributed by atoms with Crippen LogP contribution in [0, 0.1) is 5.92 Å². The fraction of sp³-hybridized carbons (Fsp3) is 0.455. The van der Waals surface area contributed by atoms with Gasteiger partial charge in [-0.2, -0.15) is 13.2 Å². The number of carbonyl (C=O) groups excluding carboxylic acids is 2. The molecule has 10 heteroatoms. The van der Waals surface area contributed by atoms with Crippen LogP contribution in [0.5, 0.6) is 0 Å². The second-order valence-electron chi connectivity index (χ2n) is 8.45. The Morgan fingerprint density at radius 1 is 1.06 bits per heavy atom. The van der Waals surface area contributed by atoms with E-state index in [9.17, 15) is 31.5 Å². The minimum Gasteiger partial charge on any atom is -0.273 e. The topological polar surface area (TPSA) is 49.4 Å². The Labute approximate surface area is 181 Å². The molecule has 1 fully saturated rings. The average Bonchev–Trinajstić information content (AvgIpc) is 2.93. The number of anilines is 1. The van der Waals surface area contributed by atoms with Gasteiger partial charge in [-0.25, -0.2) is 18.1 Å². The summed E-state index contributed by atoms with van der Waals surface area (Å²) in [5.74, 6) is -13.0. The van der Waals surface area contributed by atoms with Gasteiger partial charge in [-0.3, -0.25) is 14.9 Å². The van der Waals surface area contributed by atoms with Crippen molar-refractivity contribution in [2.24, 2.45) is 5.92 Å².